The molecule has 122 valence electrons. The Kier molecular flexibility index (Phi) is 4.69. The van der Waals surface area contributed by atoms with Gasteiger partial charge in [0.05, 0.1) is 12.3 Å². The normalized spacial score (nSPS) is 15.7. The SMILES string of the molecule is Cc1ccc(OCC2CCN(c3nc(C)cc(C)n3)CC2)nn1. The first-order valence-electron chi connectivity index (χ1n) is 8.10. The Bertz CT molecular complexity index is 630. The van der Waals surface area contributed by atoms with E-state index in [-0.39, 0.29) is 0 Å². The lowest BCUT2D eigenvalue weighted by molar-refractivity contribution is 0.213. The molecule has 0 bridgehead atoms. The van der Waals surface area contributed by atoms with Gasteiger partial charge in [-0.2, -0.15) is 5.10 Å². The molecule has 1 aliphatic heterocycles. The number of piperidine rings is 1. The molecule has 0 radical (unpaired) electrons. The number of aryl methyl sites for hydroxylation is 3. The molecule has 0 atom stereocenters. The van der Waals surface area contributed by atoms with Crippen LogP contribution in [0.5, 0.6) is 5.88 Å². The zero-order valence-electron chi connectivity index (χ0n) is 14.0. The fraction of sp³-hybridized carbons (Fsp3) is 0.529. The van der Waals surface area contributed by atoms with Gasteiger partial charge in [-0.25, -0.2) is 9.97 Å². The van der Waals surface area contributed by atoms with Crippen LogP contribution in [0.15, 0.2) is 18.2 Å². The van der Waals surface area contributed by atoms with Crippen LogP contribution in [-0.4, -0.2) is 39.9 Å². The molecule has 2 aromatic rings. The standard InChI is InChI=1S/C17H23N5O/c1-12-4-5-16(21-20-12)23-11-15-6-8-22(9-7-15)17-18-13(2)10-14(3)19-17/h4-5,10,15H,6-9,11H2,1-3H3. The highest BCUT2D eigenvalue weighted by Crippen LogP contribution is 2.22. The second-order valence-corrected chi connectivity index (χ2v) is 6.21. The molecule has 0 saturated carbocycles. The number of aromatic nitrogens is 4. The number of ether oxygens (including phenoxy) is 1. The predicted octanol–water partition coefficient (Wildman–Crippen LogP) is 2.49. The van der Waals surface area contributed by atoms with E-state index in [0.717, 1.165) is 49.0 Å². The van der Waals surface area contributed by atoms with Crippen molar-refractivity contribution < 1.29 is 4.74 Å². The maximum Gasteiger partial charge on any atom is 0.233 e. The minimum atomic E-state index is 0.542. The van der Waals surface area contributed by atoms with Gasteiger partial charge in [-0.05, 0) is 51.7 Å². The molecule has 23 heavy (non-hydrogen) atoms. The molecular weight excluding hydrogens is 290 g/mol. The van der Waals surface area contributed by atoms with E-state index in [0.29, 0.717) is 18.4 Å². The molecule has 0 unspecified atom stereocenters. The smallest absolute Gasteiger partial charge is 0.233 e. The third-order valence-electron chi connectivity index (χ3n) is 4.11. The summed E-state index contributed by atoms with van der Waals surface area (Å²) in [6, 6.07) is 5.80. The van der Waals surface area contributed by atoms with E-state index in [1.807, 2.05) is 39.0 Å². The summed E-state index contributed by atoms with van der Waals surface area (Å²) in [5.74, 6) is 2.00. The van der Waals surface area contributed by atoms with Crippen molar-refractivity contribution in [1.82, 2.24) is 20.2 Å². The number of rotatable bonds is 4. The maximum atomic E-state index is 5.76. The predicted molar refractivity (Wildman–Crippen MR) is 88.7 cm³/mol. The quantitative estimate of drug-likeness (QED) is 0.864. The van der Waals surface area contributed by atoms with Gasteiger partial charge < -0.3 is 9.64 Å². The second kappa shape index (κ2) is 6.89. The highest BCUT2D eigenvalue weighted by molar-refractivity contribution is 5.32. The number of anilines is 1. The molecule has 1 saturated heterocycles. The van der Waals surface area contributed by atoms with Crippen molar-refractivity contribution in [3.05, 3.63) is 35.3 Å². The fourth-order valence-electron chi connectivity index (χ4n) is 2.82. The van der Waals surface area contributed by atoms with Crippen LogP contribution in [0.3, 0.4) is 0 Å². The molecule has 1 aliphatic rings. The van der Waals surface area contributed by atoms with Crippen molar-refractivity contribution in [3.8, 4) is 5.88 Å². The van der Waals surface area contributed by atoms with Crippen molar-refractivity contribution in [1.29, 1.82) is 0 Å². The topological polar surface area (TPSA) is 64.0 Å². The van der Waals surface area contributed by atoms with Crippen molar-refractivity contribution in [2.45, 2.75) is 33.6 Å². The molecule has 0 aliphatic carbocycles. The average Bonchev–Trinajstić information content (AvgIpc) is 2.54. The Morgan fingerprint density at radius 1 is 1.00 bits per heavy atom. The summed E-state index contributed by atoms with van der Waals surface area (Å²) in [5.41, 5.74) is 2.95. The van der Waals surface area contributed by atoms with Gasteiger partial charge >= 0.3 is 0 Å². The first-order chi connectivity index (χ1) is 11.1. The van der Waals surface area contributed by atoms with Crippen LogP contribution in [-0.2, 0) is 0 Å². The molecule has 6 nitrogen and oxygen atoms in total. The molecule has 1 fully saturated rings. The van der Waals surface area contributed by atoms with Gasteiger partial charge in [-0.1, -0.05) is 0 Å². The van der Waals surface area contributed by atoms with Gasteiger partial charge in [0.25, 0.3) is 0 Å². The van der Waals surface area contributed by atoms with Crippen LogP contribution in [0.25, 0.3) is 0 Å². The summed E-state index contributed by atoms with van der Waals surface area (Å²) in [7, 11) is 0. The Balaban J connectivity index is 1.51. The van der Waals surface area contributed by atoms with Crippen LogP contribution in [0.4, 0.5) is 5.95 Å². The summed E-state index contributed by atoms with van der Waals surface area (Å²) < 4.78 is 5.76. The third kappa shape index (κ3) is 4.15. The summed E-state index contributed by atoms with van der Waals surface area (Å²) in [5, 5.41) is 8.05. The lowest BCUT2D eigenvalue weighted by Crippen LogP contribution is -2.36. The molecule has 0 N–H and O–H groups in total. The minimum Gasteiger partial charge on any atom is -0.476 e. The van der Waals surface area contributed by atoms with Gasteiger partial charge in [-0.3, -0.25) is 0 Å². The summed E-state index contributed by atoms with van der Waals surface area (Å²) in [6.07, 6.45) is 2.16. The molecule has 0 aromatic carbocycles. The van der Waals surface area contributed by atoms with Gasteiger partial charge in [0.2, 0.25) is 11.8 Å². The molecular formula is C17H23N5O. The fourth-order valence-corrected chi connectivity index (χ4v) is 2.82. The van der Waals surface area contributed by atoms with Crippen LogP contribution < -0.4 is 9.64 Å². The van der Waals surface area contributed by atoms with E-state index in [4.69, 9.17) is 4.74 Å². The highest BCUT2D eigenvalue weighted by Gasteiger charge is 2.22. The zero-order valence-corrected chi connectivity index (χ0v) is 14.0. The number of hydrogen-bond donors (Lipinski definition) is 0. The number of hydrogen-bond acceptors (Lipinski definition) is 6. The first kappa shape index (κ1) is 15.6. The van der Waals surface area contributed by atoms with Crippen LogP contribution in [0, 0.1) is 26.7 Å². The van der Waals surface area contributed by atoms with E-state index in [9.17, 15) is 0 Å². The molecule has 3 rings (SSSR count). The lowest BCUT2D eigenvalue weighted by Gasteiger charge is -2.32. The lowest BCUT2D eigenvalue weighted by atomic mass is 9.98. The monoisotopic (exact) mass is 313 g/mol. The third-order valence-corrected chi connectivity index (χ3v) is 4.11. The van der Waals surface area contributed by atoms with Crippen LogP contribution in [0.2, 0.25) is 0 Å². The highest BCUT2D eigenvalue weighted by atomic mass is 16.5. The largest absolute Gasteiger partial charge is 0.476 e. The molecule has 0 spiro atoms. The summed E-state index contributed by atoms with van der Waals surface area (Å²) in [6.45, 7) is 8.58. The maximum absolute atomic E-state index is 5.76. The molecule has 0 amide bonds. The molecule has 3 heterocycles. The van der Waals surface area contributed by atoms with E-state index < -0.39 is 0 Å². The summed E-state index contributed by atoms with van der Waals surface area (Å²) >= 11 is 0. The summed E-state index contributed by atoms with van der Waals surface area (Å²) in [4.78, 5) is 11.4. The van der Waals surface area contributed by atoms with Crippen LogP contribution >= 0.6 is 0 Å². The van der Waals surface area contributed by atoms with Crippen molar-refractivity contribution in [2.24, 2.45) is 5.92 Å². The Hall–Kier alpha value is -2.24. The van der Waals surface area contributed by atoms with E-state index in [2.05, 4.69) is 25.1 Å². The second-order valence-electron chi connectivity index (χ2n) is 6.21. The average molecular weight is 313 g/mol. The Morgan fingerprint density at radius 3 is 2.30 bits per heavy atom. The minimum absolute atomic E-state index is 0.542. The van der Waals surface area contributed by atoms with E-state index >= 15 is 0 Å². The first-order valence-corrected chi connectivity index (χ1v) is 8.10. The molecule has 6 heteroatoms. The van der Waals surface area contributed by atoms with E-state index in [1.165, 1.54) is 0 Å². The Labute approximate surface area is 136 Å². The van der Waals surface area contributed by atoms with Gasteiger partial charge in [0.1, 0.15) is 0 Å². The van der Waals surface area contributed by atoms with Crippen molar-refractivity contribution >= 4 is 5.95 Å². The zero-order chi connectivity index (χ0) is 16.2. The van der Waals surface area contributed by atoms with Crippen LogP contribution in [0.1, 0.15) is 29.9 Å². The van der Waals surface area contributed by atoms with Gasteiger partial charge in [0.15, 0.2) is 0 Å². The van der Waals surface area contributed by atoms with E-state index in [1.54, 1.807) is 0 Å². The number of nitrogens with zero attached hydrogens (tertiary/aromatic N) is 5. The van der Waals surface area contributed by atoms with Crippen molar-refractivity contribution in [2.75, 3.05) is 24.6 Å². The van der Waals surface area contributed by atoms with Crippen molar-refractivity contribution in [3.63, 3.8) is 0 Å². The van der Waals surface area contributed by atoms with Gasteiger partial charge in [-0.15, -0.1) is 5.10 Å². The van der Waals surface area contributed by atoms with Gasteiger partial charge in [0, 0.05) is 30.5 Å². The molecule has 2 aromatic heterocycles. The Morgan fingerprint density at radius 2 is 1.70 bits per heavy atom.